The maximum atomic E-state index is 6.29. The van der Waals surface area contributed by atoms with Gasteiger partial charge >= 0.3 is 0 Å². The Hall–Kier alpha value is 0.0400. The zero-order chi connectivity index (χ0) is 15.4. The van der Waals surface area contributed by atoms with E-state index in [9.17, 15) is 0 Å². The van der Waals surface area contributed by atoms with Gasteiger partial charge in [-0.1, -0.05) is 53.3 Å². The average Bonchev–Trinajstić information content (AvgIpc) is 2.77. The lowest BCUT2D eigenvalue weighted by Crippen LogP contribution is -2.24. The van der Waals surface area contributed by atoms with Gasteiger partial charge in [0.25, 0.3) is 0 Å². The van der Waals surface area contributed by atoms with E-state index in [2.05, 4.69) is 12.2 Å². The molecule has 21 heavy (non-hydrogen) atoms. The van der Waals surface area contributed by atoms with Crippen molar-refractivity contribution >= 4 is 57.7 Å². The predicted octanol–water partition coefficient (Wildman–Crippen LogP) is 6.65. The molecule has 0 bridgehead atoms. The molecule has 1 aromatic carbocycles. The highest BCUT2D eigenvalue weighted by molar-refractivity contribution is 7.20. The van der Waals surface area contributed by atoms with E-state index in [4.69, 9.17) is 46.4 Å². The van der Waals surface area contributed by atoms with Crippen LogP contribution in [-0.4, -0.2) is 6.54 Å². The van der Waals surface area contributed by atoms with E-state index in [1.54, 1.807) is 6.07 Å². The topological polar surface area (TPSA) is 12.0 Å². The van der Waals surface area contributed by atoms with Crippen molar-refractivity contribution in [3.05, 3.63) is 54.1 Å². The highest BCUT2D eigenvalue weighted by Crippen LogP contribution is 2.37. The molecule has 0 aliphatic carbocycles. The van der Waals surface area contributed by atoms with Gasteiger partial charge in [-0.2, -0.15) is 0 Å². The van der Waals surface area contributed by atoms with Gasteiger partial charge in [-0.15, -0.1) is 11.3 Å². The van der Waals surface area contributed by atoms with Gasteiger partial charge in [-0.05, 0) is 49.2 Å². The normalized spacial score (nSPS) is 12.6. The molecule has 1 unspecified atom stereocenters. The van der Waals surface area contributed by atoms with Crippen LogP contribution >= 0.6 is 57.7 Å². The molecule has 0 fully saturated rings. The molecule has 0 amide bonds. The second kappa shape index (κ2) is 8.05. The minimum absolute atomic E-state index is 0.0668. The number of hydrogen-bond acceptors (Lipinski definition) is 2. The van der Waals surface area contributed by atoms with E-state index >= 15 is 0 Å². The van der Waals surface area contributed by atoms with Crippen LogP contribution in [0.25, 0.3) is 0 Å². The van der Waals surface area contributed by atoms with Crippen molar-refractivity contribution in [2.75, 3.05) is 6.54 Å². The maximum absolute atomic E-state index is 6.29. The van der Waals surface area contributed by atoms with Crippen molar-refractivity contribution in [3.63, 3.8) is 0 Å². The van der Waals surface area contributed by atoms with Crippen LogP contribution in [0, 0.1) is 0 Å². The van der Waals surface area contributed by atoms with E-state index in [-0.39, 0.29) is 6.04 Å². The van der Waals surface area contributed by atoms with Crippen molar-refractivity contribution < 1.29 is 0 Å². The molecule has 0 aliphatic heterocycles. The van der Waals surface area contributed by atoms with Crippen LogP contribution in [0.2, 0.25) is 18.7 Å². The number of benzene rings is 1. The van der Waals surface area contributed by atoms with Crippen LogP contribution in [0.15, 0.2) is 24.3 Å². The molecule has 2 aromatic rings. The van der Waals surface area contributed by atoms with Crippen molar-refractivity contribution in [1.29, 1.82) is 0 Å². The van der Waals surface area contributed by atoms with E-state index in [1.165, 1.54) is 11.3 Å². The lowest BCUT2D eigenvalue weighted by atomic mass is 10.0. The largest absolute Gasteiger partial charge is 0.310 e. The Morgan fingerprint density at radius 2 is 1.90 bits per heavy atom. The van der Waals surface area contributed by atoms with Gasteiger partial charge in [0.1, 0.15) is 0 Å². The summed E-state index contributed by atoms with van der Waals surface area (Å²) in [7, 11) is 0. The third-order valence-corrected chi connectivity index (χ3v) is 5.25. The summed E-state index contributed by atoms with van der Waals surface area (Å²) >= 11 is 26.1. The van der Waals surface area contributed by atoms with E-state index < -0.39 is 0 Å². The summed E-state index contributed by atoms with van der Waals surface area (Å²) in [6.45, 7) is 3.02. The fourth-order valence-electron chi connectivity index (χ4n) is 2.12. The van der Waals surface area contributed by atoms with E-state index in [0.717, 1.165) is 24.1 Å². The zero-order valence-electron chi connectivity index (χ0n) is 11.4. The molecule has 0 aliphatic rings. The van der Waals surface area contributed by atoms with Gasteiger partial charge in [0.15, 0.2) is 0 Å². The number of hydrogen-bond donors (Lipinski definition) is 1. The SMILES string of the molecule is CCCNC(Cc1cc(Cl)ccc1Cl)c1cc(Cl)sc1Cl. The molecule has 0 radical (unpaired) electrons. The first-order valence-electron chi connectivity index (χ1n) is 6.63. The van der Waals surface area contributed by atoms with Crippen LogP contribution < -0.4 is 5.32 Å². The summed E-state index contributed by atoms with van der Waals surface area (Å²) in [5, 5.41) is 4.88. The molecule has 114 valence electrons. The van der Waals surface area contributed by atoms with Gasteiger partial charge < -0.3 is 5.32 Å². The summed E-state index contributed by atoms with van der Waals surface area (Å²) < 4.78 is 1.40. The van der Waals surface area contributed by atoms with Gasteiger partial charge in [-0.3, -0.25) is 0 Å². The van der Waals surface area contributed by atoms with Gasteiger partial charge in [-0.25, -0.2) is 0 Å². The van der Waals surface area contributed by atoms with Gasteiger partial charge in [0, 0.05) is 21.7 Å². The summed E-state index contributed by atoms with van der Waals surface area (Å²) in [5.74, 6) is 0. The molecule has 2 rings (SSSR count). The third-order valence-electron chi connectivity index (χ3n) is 3.13. The van der Waals surface area contributed by atoms with Crippen LogP contribution in [0.3, 0.4) is 0 Å². The standard InChI is InChI=1S/C15H15Cl4NS/c1-2-5-20-13(11-8-14(18)21-15(11)19)7-9-6-10(16)3-4-12(9)17/h3-4,6,8,13,20H,2,5,7H2,1H3. The van der Waals surface area contributed by atoms with Crippen molar-refractivity contribution in [2.24, 2.45) is 0 Å². The minimum Gasteiger partial charge on any atom is -0.310 e. The summed E-state index contributed by atoms with van der Waals surface area (Å²) in [6, 6.07) is 7.48. The van der Waals surface area contributed by atoms with Crippen molar-refractivity contribution in [3.8, 4) is 0 Å². The van der Waals surface area contributed by atoms with Crippen LogP contribution in [-0.2, 0) is 6.42 Å². The number of thiophene rings is 1. The molecule has 1 nitrogen and oxygen atoms in total. The maximum Gasteiger partial charge on any atom is 0.0992 e. The van der Waals surface area contributed by atoms with E-state index in [0.29, 0.717) is 25.1 Å². The van der Waals surface area contributed by atoms with Crippen molar-refractivity contribution in [1.82, 2.24) is 5.32 Å². The molecular weight excluding hydrogens is 368 g/mol. The molecule has 6 heteroatoms. The Morgan fingerprint density at radius 1 is 1.14 bits per heavy atom. The Morgan fingerprint density at radius 3 is 2.52 bits per heavy atom. The zero-order valence-corrected chi connectivity index (χ0v) is 15.3. The average molecular weight is 383 g/mol. The van der Waals surface area contributed by atoms with Crippen LogP contribution in [0.1, 0.15) is 30.5 Å². The second-order valence-electron chi connectivity index (χ2n) is 4.73. The van der Waals surface area contributed by atoms with Gasteiger partial charge in [0.2, 0.25) is 0 Å². The number of halogens is 4. The molecule has 0 spiro atoms. The number of nitrogens with one attached hydrogen (secondary N) is 1. The highest BCUT2D eigenvalue weighted by atomic mass is 35.5. The quantitative estimate of drug-likeness (QED) is 0.589. The van der Waals surface area contributed by atoms with Crippen LogP contribution in [0.4, 0.5) is 0 Å². The monoisotopic (exact) mass is 381 g/mol. The van der Waals surface area contributed by atoms with Gasteiger partial charge in [0.05, 0.1) is 8.67 Å². The molecule has 1 atom stereocenters. The molecule has 0 saturated heterocycles. The molecule has 1 N–H and O–H groups in total. The smallest absolute Gasteiger partial charge is 0.0992 e. The lowest BCUT2D eigenvalue weighted by molar-refractivity contribution is 0.531. The Bertz CT molecular complexity index is 612. The summed E-state index contributed by atoms with van der Waals surface area (Å²) in [6.07, 6.45) is 1.75. The summed E-state index contributed by atoms with van der Waals surface area (Å²) in [4.78, 5) is 0. The molecule has 1 aromatic heterocycles. The van der Waals surface area contributed by atoms with Crippen molar-refractivity contribution in [2.45, 2.75) is 25.8 Å². The molecular formula is C15H15Cl4NS. The fraction of sp³-hybridized carbons (Fsp3) is 0.333. The summed E-state index contributed by atoms with van der Waals surface area (Å²) in [5.41, 5.74) is 2.01. The first kappa shape index (κ1) is 17.4. The fourth-order valence-corrected chi connectivity index (χ4v) is 4.09. The van der Waals surface area contributed by atoms with Crippen LogP contribution in [0.5, 0.6) is 0 Å². The predicted molar refractivity (Wildman–Crippen MR) is 95.5 cm³/mol. The third kappa shape index (κ3) is 4.75. The highest BCUT2D eigenvalue weighted by Gasteiger charge is 2.19. The lowest BCUT2D eigenvalue weighted by Gasteiger charge is -2.19. The Kier molecular flexibility index (Phi) is 6.67. The number of rotatable bonds is 6. The minimum atomic E-state index is 0.0668. The molecule has 0 saturated carbocycles. The first-order valence-corrected chi connectivity index (χ1v) is 8.96. The Balaban J connectivity index is 2.28. The second-order valence-corrected chi connectivity index (χ2v) is 7.86. The Labute approximate surface area is 149 Å². The molecule has 1 heterocycles. The van der Waals surface area contributed by atoms with E-state index in [1.807, 2.05) is 18.2 Å². The first-order chi connectivity index (χ1) is 10.0.